The van der Waals surface area contributed by atoms with Gasteiger partial charge in [0.25, 0.3) is 5.69 Å². The minimum Gasteiger partial charge on any atom is -0.294 e. The Morgan fingerprint density at radius 2 is 1.83 bits per heavy atom. The fourth-order valence-electron chi connectivity index (χ4n) is 1.89. The number of nitro groups is 1. The van der Waals surface area contributed by atoms with Gasteiger partial charge in [0.05, 0.1) is 10.5 Å². The van der Waals surface area contributed by atoms with Gasteiger partial charge in [-0.05, 0) is 18.1 Å². The van der Waals surface area contributed by atoms with E-state index in [2.05, 4.69) is 0 Å². The molecule has 0 bridgehead atoms. The molecule has 0 spiro atoms. The minimum atomic E-state index is -0.507. The SMILES string of the molecule is O=C1CCCC(=O)C1=Cc1cccc([N+](=O)[O-])c1. The van der Waals surface area contributed by atoms with Crippen LogP contribution in [0, 0.1) is 10.1 Å². The minimum absolute atomic E-state index is 0.0555. The van der Waals surface area contributed by atoms with Crippen LogP contribution in [0.1, 0.15) is 24.8 Å². The zero-order chi connectivity index (χ0) is 13.1. The van der Waals surface area contributed by atoms with Gasteiger partial charge in [-0.25, -0.2) is 0 Å². The number of Topliss-reactive ketones (excluding diaryl/α,β-unsaturated/α-hetero) is 2. The summed E-state index contributed by atoms with van der Waals surface area (Å²) in [6.07, 6.45) is 2.76. The monoisotopic (exact) mass is 245 g/mol. The highest BCUT2D eigenvalue weighted by Crippen LogP contribution is 2.21. The first-order valence-electron chi connectivity index (χ1n) is 5.60. The summed E-state index contributed by atoms with van der Waals surface area (Å²) in [4.78, 5) is 33.3. The highest BCUT2D eigenvalue weighted by Gasteiger charge is 2.22. The van der Waals surface area contributed by atoms with E-state index in [0.29, 0.717) is 24.8 Å². The van der Waals surface area contributed by atoms with Gasteiger partial charge in [0.2, 0.25) is 0 Å². The Bertz CT molecular complexity index is 542. The molecule has 0 amide bonds. The molecule has 0 heterocycles. The van der Waals surface area contributed by atoms with Gasteiger partial charge in [0.1, 0.15) is 0 Å². The molecular formula is C13H11NO4. The van der Waals surface area contributed by atoms with Crippen LogP contribution >= 0.6 is 0 Å². The highest BCUT2D eigenvalue weighted by molar-refractivity contribution is 6.24. The van der Waals surface area contributed by atoms with Gasteiger partial charge >= 0.3 is 0 Å². The topological polar surface area (TPSA) is 77.3 Å². The molecule has 1 aliphatic carbocycles. The number of allylic oxidation sites excluding steroid dienone is 1. The Labute approximate surface area is 103 Å². The smallest absolute Gasteiger partial charge is 0.270 e. The van der Waals surface area contributed by atoms with E-state index >= 15 is 0 Å². The van der Waals surface area contributed by atoms with Crippen molar-refractivity contribution in [2.24, 2.45) is 0 Å². The fraction of sp³-hybridized carbons (Fsp3) is 0.231. The molecule has 1 fully saturated rings. The number of carbonyl (C=O) groups excluding carboxylic acids is 2. The lowest BCUT2D eigenvalue weighted by atomic mass is 9.91. The number of carbonyl (C=O) groups is 2. The van der Waals surface area contributed by atoms with Crippen molar-refractivity contribution < 1.29 is 14.5 Å². The van der Waals surface area contributed by atoms with Crippen molar-refractivity contribution in [3.05, 3.63) is 45.5 Å². The molecular weight excluding hydrogens is 234 g/mol. The number of rotatable bonds is 2. The third-order valence-corrected chi connectivity index (χ3v) is 2.80. The molecule has 1 saturated carbocycles. The maximum Gasteiger partial charge on any atom is 0.270 e. The van der Waals surface area contributed by atoms with Gasteiger partial charge in [-0.1, -0.05) is 12.1 Å². The second kappa shape index (κ2) is 4.91. The Morgan fingerprint density at radius 3 is 2.44 bits per heavy atom. The quantitative estimate of drug-likeness (QED) is 0.346. The first kappa shape index (κ1) is 12.2. The number of hydrogen-bond donors (Lipinski definition) is 0. The molecule has 1 aliphatic rings. The lowest BCUT2D eigenvalue weighted by Gasteiger charge is -2.11. The Morgan fingerprint density at radius 1 is 1.17 bits per heavy atom. The summed E-state index contributed by atoms with van der Waals surface area (Å²) < 4.78 is 0. The van der Waals surface area contributed by atoms with Crippen molar-refractivity contribution in [3.8, 4) is 0 Å². The van der Waals surface area contributed by atoms with E-state index in [-0.39, 0.29) is 22.8 Å². The summed E-state index contributed by atoms with van der Waals surface area (Å²) in [5.74, 6) is -0.365. The Balaban J connectivity index is 2.37. The molecule has 0 unspecified atom stereocenters. The summed E-state index contributed by atoms with van der Waals surface area (Å²) in [6.45, 7) is 0. The summed E-state index contributed by atoms with van der Waals surface area (Å²) in [5.41, 5.74) is 0.601. The average Bonchev–Trinajstić information content (AvgIpc) is 2.34. The second-order valence-electron chi connectivity index (χ2n) is 4.11. The van der Waals surface area contributed by atoms with Crippen LogP contribution in [0.5, 0.6) is 0 Å². The number of benzene rings is 1. The third-order valence-electron chi connectivity index (χ3n) is 2.80. The molecule has 5 heteroatoms. The lowest BCUT2D eigenvalue weighted by Crippen LogP contribution is -2.18. The summed E-state index contributed by atoms with van der Waals surface area (Å²) >= 11 is 0. The zero-order valence-electron chi connectivity index (χ0n) is 9.59. The van der Waals surface area contributed by atoms with E-state index in [0.717, 1.165) is 0 Å². The van der Waals surface area contributed by atoms with Crippen molar-refractivity contribution in [2.45, 2.75) is 19.3 Å². The zero-order valence-corrected chi connectivity index (χ0v) is 9.59. The first-order chi connectivity index (χ1) is 8.58. The molecule has 2 rings (SSSR count). The maximum atomic E-state index is 11.6. The predicted octanol–water partition coefficient (Wildman–Crippen LogP) is 2.30. The van der Waals surface area contributed by atoms with E-state index in [9.17, 15) is 19.7 Å². The van der Waals surface area contributed by atoms with Gasteiger partial charge in [0.15, 0.2) is 11.6 Å². The van der Waals surface area contributed by atoms with Gasteiger partial charge in [-0.2, -0.15) is 0 Å². The molecule has 0 N–H and O–H groups in total. The molecule has 1 aromatic rings. The normalized spacial score (nSPS) is 15.7. The van der Waals surface area contributed by atoms with Gasteiger partial charge in [0, 0.05) is 25.0 Å². The van der Waals surface area contributed by atoms with E-state index in [1.54, 1.807) is 6.07 Å². The van der Waals surface area contributed by atoms with Crippen LogP contribution < -0.4 is 0 Å². The molecule has 5 nitrogen and oxygen atoms in total. The molecule has 18 heavy (non-hydrogen) atoms. The van der Waals surface area contributed by atoms with Gasteiger partial charge in [-0.15, -0.1) is 0 Å². The van der Waals surface area contributed by atoms with Crippen molar-refractivity contribution in [1.29, 1.82) is 0 Å². The second-order valence-corrected chi connectivity index (χ2v) is 4.11. The fourth-order valence-corrected chi connectivity index (χ4v) is 1.89. The lowest BCUT2D eigenvalue weighted by molar-refractivity contribution is -0.384. The van der Waals surface area contributed by atoms with Crippen LogP contribution in [-0.2, 0) is 9.59 Å². The highest BCUT2D eigenvalue weighted by atomic mass is 16.6. The number of nitro benzene ring substituents is 1. The van der Waals surface area contributed by atoms with Crippen molar-refractivity contribution in [2.75, 3.05) is 0 Å². The van der Waals surface area contributed by atoms with Crippen LogP contribution in [0.4, 0.5) is 5.69 Å². The number of nitrogens with zero attached hydrogens (tertiary/aromatic N) is 1. The summed E-state index contributed by atoms with van der Waals surface area (Å²) in [5, 5.41) is 10.6. The molecule has 0 aliphatic heterocycles. The van der Waals surface area contributed by atoms with Gasteiger partial charge < -0.3 is 0 Å². The third kappa shape index (κ3) is 2.51. The van der Waals surface area contributed by atoms with E-state index in [4.69, 9.17) is 0 Å². The van der Waals surface area contributed by atoms with Crippen molar-refractivity contribution in [3.63, 3.8) is 0 Å². The number of non-ortho nitro benzene ring substituents is 1. The average molecular weight is 245 g/mol. The van der Waals surface area contributed by atoms with Crippen LogP contribution in [0.2, 0.25) is 0 Å². The molecule has 92 valence electrons. The standard InChI is InChI=1S/C13H11NO4/c15-12-5-2-6-13(16)11(12)8-9-3-1-4-10(7-9)14(17)18/h1,3-4,7-8H,2,5-6H2. The predicted molar refractivity (Wildman–Crippen MR) is 64.9 cm³/mol. The van der Waals surface area contributed by atoms with Crippen LogP contribution in [0.25, 0.3) is 6.08 Å². The molecule has 0 radical (unpaired) electrons. The van der Waals surface area contributed by atoms with Gasteiger partial charge in [-0.3, -0.25) is 19.7 Å². The van der Waals surface area contributed by atoms with Crippen molar-refractivity contribution in [1.82, 2.24) is 0 Å². The largest absolute Gasteiger partial charge is 0.294 e. The summed E-state index contributed by atoms with van der Waals surface area (Å²) in [7, 11) is 0. The van der Waals surface area contributed by atoms with Crippen LogP contribution in [-0.4, -0.2) is 16.5 Å². The first-order valence-corrected chi connectivity index (χ1v) is 5.60. The van der Waals surface area contributed by atoms with Crippen LogP contribution in [0.15, 0.2) is 29.8 Å². The van der Waals surface area contributed by atoms with Crippen molar-refractivity contribution >= 4 is 23.3 Å². The number of ketones is 2. The molecule has 0 atom stereocenters. The Hall–Kier alpha value is -2.30. The number of hydrogen-bond acceptors (Lipinski definition) is 4. The summed E-state index contributed by atoms with van der Waals surface area (Å²) in [6, 6.07) is 5.88. The Kier molecular flexibility index (Phi) is 3.32. The van der Waals surface area contributed by atoms with E-state index in [1.165, 1.54) is 24.3 Å². The molecule has 1 aromatic carbocycles. The maximum absolute atomic E-state index is 11.6. The van der Waals surface area contributed by atoms with E-state index < -0.39 is 4.92 Å². The van der Waals surface area contributed by atoms with Crippen LogP contribution in [0.3, 0.4) is 0 Å². The molecule has 0 saturated heterocycles. The molecule has 0 aromatic heterocycles. The van der Waals surface area contributed by atoms with E-state index in [1.807, 2.05) is 0 Å².